The van der Waals surface area contributed by atoms with E-state index in [-0.39, 0.29) is 0 Å². The number of rotatable bonds is 1. The van der Waals surface area contributed by atoms with Crippen molar-refractivity contribution >= 4 is 22.4 Å². The largest absolute Gasteiger partial charge is 0.346 e. The highest BCUT2D eigenvalue weighted by Crippen LogP contribution is 2.19. The molecule has 3 rings (SSSR count). The Morgan fingerprint density at radius 2 is 1.94 bits per heavy atom. The lowest BCUT2D eigenvalue weighted by molar-refractivity contribution is 0.930. The molecular weight excluding hydrogens is 200 g/mol. The highest BCUT2D eigenvalue weighted by molar-refractivity contribution is 5.93. The van der Waals surface area contributed by atoms with Gasteiger partial charge in [0.1, 0.15) is 0 Å². The Labute approximate surface area is 93.1 Å². The maximum absolute atomic E-state index is 4.52. The first-order chi connectivity index (χ1) is 7.75. The number of benzene rings is 1. The molecule has 0 aliphatic carbocycles. The van der Waals surface area contributed by atoms with E-state index in [9.17, 15) is 0 Å². The molecule has 3 aromatic rings. The third kappa shape index (κ3) is 1.23. The van der Waals surface area contributed by atoms with Crippen molar-refractivity contribution in [2.45, 2.75) is 0 Å². The first-order valence-electron chi connectivity index (χ1n) is 5.17. The molecule has 0 bridgehead atoms. The van der Waals surface area contributed by atoms with Crippen LogP contribution >= 0.6 is 0 Å². The van der Waals surface area contributed by atoms with Crippen LogP contribution in [0.25, 0.3) is 16.4 Å². The van der Waals surface area contributed by atoms with Crippen LogP contribution in [0.1, 0.15) is 0 Å². The minimum absolute atomic E-state index is 0.733. The van der Waals surface area contributed by atoms with Crippen LogP contribution in [0.15, 0.2) is 36.5 Å². The number of hydrogen-bond acceptors (Lipinski definition) is 3. The molecule has 4 nitrogen and oxygen atoms in total. The van der Waals surface area contributed by atoms with E-state index in [2.05, 4.69) is 28.3 Å². The standard InChI is InChI=1S/C12H12N4/c1-15(2)12-13-11-10-6-4-3-5-9(10)7-8-16(11)14-12/h3-8H,1-2H3. The van der Waals surface area contributed by atoms with Crippen LogP contribution in [0.5, 0.6) is 0 Å². The highest BCUT2D eigenvalue weighted by Gasteiger charge is 2.07. The molecular formula is C12H12N4. The predicted molar refractivity (Wildman–Crippen MR) is 64.8 cm³/mol. The van der Waals surface area contributed by atoms with E-state index in [1.807, 2.05) is 41.8 Å². The van der Waals surface area contributed by atoms with Crippen molar-refractivity contribution in [3.63, 3.8) is 0 Å². The van der Waals surface area contributed by atoms with Gasteiger partial charge in [-0.2, -0.15) is 4.98 Å². The van der Waals surface area contributed by atoms with E-state index in [1.54, 1.807) is 0 Å². The van der Waals surface area contributed by atoms with Crippen molar-refractivity contribution < 1.29 is 0 Å². The summed E-state index contributed by atoms with van der Waals surface area (Å²) in [5, 5.41) is 6.71. The molecule has 0 saturated heterocycles. The second-order valence-electron chi connectivity index (χ2n) is 3.98. The van der Waals surface area contributed by atoms with Crippen LogP contribution in [-0.4, -0.2) is 28.7 Å². The van der Waals surface area contributed by atoms with E-state index >= 15 is 0 Å². The van der Waals surface area contributed by atoms with E-state index < -0.39 is 0 Å². The quantitative estimate of drug-likeness (QED) is 0.618. The first kappa shape index (κ1) is 9.15. The lowest BCUT2D eigenvalue weighted by Crippen LogP contribution is -2.10. The van der Waals surface area contributed by atoms with Crippen molar-refractivity contribution in [1.82, 2.24) is 14.6 Å². The molecule has 0 amide bonds. The van der Waals surface area contributed by atoms with Crippen molar-refractivity contribution in [1.29, 1.82) is 0 Å². The number of nitrogens with zero attached hydrogens (tertiary/aromatic N) is 4. The number of pyridine rings is 1. The van der Waals surface area contributed by atoms with E-state index in [0.717, 1.165) is 17.0 Å². The molecule has 0 unspecified atom stereocenters. The van der Waals surface area contributed by atoms with Gasteiger partial charge in [0.25, 0.3) is 0 Å². The van der Waals surface area contributed by atoms with Gasteiger partial charge in [-0.3, -0.25) is 0 Å². The minimum atomic E-state index is 0.733. The maximum Gasteiger partial charge on any atom is 0.245 e. The molecule has 0 radical (unpaired) electrons. The van der Waals surface area contributed by atoms with E-state index in [4.69, 9.17) is 0 Å². The summed E-state index contributed by atoms with van der Waals surface area (Å²) in [4.78, 5) is 6.42. The van der Waals surface area contributed by atoms with Gasteiger partial charge < -0.3 is 4.90 Å². The number of hydrogen-bond donors (Lipinski definition) is 0. The van der Waals surface area contributed by atoms with Crippen LogP contribution in [0, 0.1) is 0 Å². The monoisotopic (exact) mass is 212 g/mol. The summed E-state index contributed by atoms with van der Waals surface area (Å²) in [6, 6.07) is 10.3. The first-order valence-corrected chi connectivity index (χ1v) is 5.17. The SMILES string of the molecule is CN(C)c1nc2c3ccccc3ccn2n1. The summed E-state index contributed by atoms with van der Waals surface area (Å²) in [5.41, 5.74) is 0.904. The lowest BCUT2D eigenvalue weighted by Gasteiger charge is -2.03. The van der Waals surface area contributed by atoms with Gasteiger partial charge in [-0.05, 0) is 11.5 Å². The summed E-state index contributed by atoms with van der Waals surface area (Å²) < 4.78 is 1.82. The Morgan fingerprint density at radius 3 is 2.75 bits per heavy atom. The van der Waals surface area contributed by atoms with Crippen molar-refractivity contribution in [3.8, 4) is 0 Å². The second kappa shape index (κ2) is 3.20. The van der Waals surface area contributed by atoms with Gasteiger partial charge in [-0.25, -0.2) is 4.52 Å². The molecule has 0 saturated carbocycles. The fraction of sp³-hybridized carbons (Fsp3) is 0.167. The van der Waals surface area contributed by atoms with Crippen LogP contribution in [0.4, 0.5) is 5.95 Å². The lowest BCUT2D eigenvalue weighted by atomic mass is 10.2. The van der Waals surface area contributed by atoms with E-state index in [0.29, 0.717) is 0 Å². The Balaban J connectivity index is 2.41. The molecule has 0 atom stereocenters. The molecule has 2 heterocycles. The molecule has 1 aromatic carbocycles. The van der Waals surface area contributed by atoms with Crippen LogP contribution < -0.4 is 4.90 Å². The summed E-state index contributed by atoms with van der Waals surface area (Å²) >= 11 is 0. The molecule has 0 aliphatic heterocycles. The Hall–Kier alpha value is -2.10. The van der Waals surface area contributed by atoms with Gasteiger partial charge in [-0.15, -0.1) is 5.10 Å². The summed E-state index contributed by atoms with van der Waals surface area (Å²) in [6.45, 7) is 0. The Bertz CT molecular complexity index is 654. The zero-order valence-corrected chi connectivity index (χ0v) is 9.25. The molecule has 80 valence electrons. The zero-order chi connectivity index (χ0) is 11.1. The summed E-state index contributed by atoms with van der Waals surface area (Å²) in [5.74, 6) is 0.733. The van der Waals surface area contributed by atoms with Crippen molar-refractivity contribution in [3.05, 3.63) is 36.5 Å². The van der Waals surface area contributed by atoms with Gasteiger partial charge in [-0.1, -0.05) is 24.3 Å². The van der Waals surface area contributed by atoms with E-state index in [1.165, 1.54) is 5.39 Å². The maximum atomic E-state index is 4.52. The molecule has 0 N–H and O–H groups in total. The van der Waals surface area contributed by atoms with Crippen molar-refractivity contribution in [2.75, 3.05) is 19.0 Å². The van der Waals surface area contributed by atoms with Gasteiger partial charge in [0, 0.05) is 25.7 Å². The van der Waals surface area contributed by atoms with Gasteiger partial charge in [0.05, 0.1) is 0 Å². The molecule has 0 aliphatic rings. The zero-order valence-electron chi connectivity index (χ0n) is 9.25. The Kier molecular flexibility index (Phi) is 1.83. The summed E-state index contributed by atoms with van der Waals surface area (Å²) in [7, 11) is 3.88. The molecule has 4 heteroatoms. The molecule has 0 spiro atoms. The highest BCUT2D eigenvalue weighted by atomic mass is 15.4. The average molecular weight is 212 g/mol. The third-order valence-corrected chi connectivity index (χ3v) is 2.62. The fourth-order valence-corrected chi connectivity index (χ4v) is 1.79. The number of aromatic nitrogens is 3. The molecule has 2 aromatic heterocycles. The molecule has 0 fully saturated rings. The molecule has 16 heavy (non-hydrogen) atoms. The summed E-state index contributed by atoms with van der Waals surface area (Å²) in [6.07, 6.45) is 1.94. The van der Waals surface area contributed by atoms with Gasteiger partial charge >= 0.3 is 0 Å². The minimum Gasteiger partial charge on any atom is -0.346 e. The van der Waals surface area contributed by atoms with Crippen LogP contribution in [-0.2, 0) is 0 Å². The third-order valence-electron chi connectivity index (χ3n) is 2.62. The smallest absolute Gasteiger partial charge is 0.245 e. The van der Waals surface area contributed by atoms with Crippen molar-refractivity contribution in [2.24, 2.45) is 0 Å². The number of fused-ring (bicyclic) bond motifs is 3. The number of anilines is 1. The van der Waals surface area contributed by atoms with Gasteiger partial charge in [0.15, 0.2) is 5.65 Å². The topological polar surface area (TPSA) is 33.4 Å². The van der Waals surface area contributed by atoms with Crippen LogP contribution in [0.2, 0.25) is 0 Å². The van der Waals surface area contributed by atoms with Crippen LogP contribution in [0.3, 0.4) is 0 Å². The second-order valence-corrected chi connectivity index (χ2v) is 3.98. The fourth-order valence-electron chi connectivity index (χ4n) is 1.79. The predicted octanol–water partition coefficient (Wildman–Crippen LogP) is 1.95. The van der Waals surface area contributed by atoms with Gasteiger partial charge in [0.2, 0.25) is 5.95 Å². The average Bonchev–Trinajstić information content (AvgIpc) is 2.73. The normalized spacial score (nSPS) is 11.1. The Morgan fingerprint density at radius 1 is 1.12 bits per heavy atom.